The van der Waals surface area contributed by atoms with Crippen LogP contribution in [0.3, 0.4) is 0 Å². The van der Waals surface area contributed by atoms with Crippen LogP contribution in [0.4, 0.5) is 5.69 Å². The predicted molar refractivity (Wildman–Crippen MR) is 108 cm³/mol. The summed E-state index contributed by atoms with van der Waals surface area (Å²) in [6, 6.07) is 10.8. The van der Waals surface area contributed by atoms with Gasteiger partial charge < -0.3 is 15.5 Å². The first-order valence-electron chi connectivity index (χ1n) is 9.10. The topological polar surface area (TPSA) is 74.3 Å². The Balaban J connectivity index is 2.15. The molecule has 144 valence electrons. The zero-order chi connectivity index (χ0) is 20.0. The summed E-state index contributed by atoms with van der Waals surface area (Å²) in [5.41, 5.74) is 3.32. The van der Waals surface area contributed by atoms with Crippen molar-refractivity contribution in [2.75, 3.05) is 32.5 Å². The average molecular weight is 368 g/mol. The average Bonchev–Trinajstić information content (AvgIpc) is 2.62. The lowest BCUT2D eigenvalue weighted by Gasteiger charge is -2.16. The first-order chi connectivity index (χ1) is 12.8. The SMILES string of the molecule is Cc1cccc(C(C)C)c1NC(=O)c1cccc(C(=O)NCCN(C)C)n1. The van der Waals surface area contributed by atoms with Crippen molar-refractivity contribution in [3.05, 3.63) is 58.9 Å². The summed E-state index contributed by atoms with van der Waals surface area (Å²) in [4.78, 5) is 31.2. The van der Waals surface area contributed by atoms with Crippen LogP contribution >= 0.6 is 0 Å². The van der Waals surface area contributed by atoms with E-state index in [1.165, 1.54) is 0 Å². The lowest BCUT2D eigenvalue weighted by molar-refractivity contribution is 0.0946. The van der Waals surface area contributed by atoms with Crippen molar-refractivity contribution < 1.29 is 9.59 Å². The third kappa shape index (κ3) is 5.62. The van der Waals surface area contributed by atoms with E-state index < -0.39 is 0 Å². The number of nitrogens with zero attached hydrogens (tertiary/aromatic N) is 2. The first kappa shape index (κ1) is 20.6. The van der Waals surface area contributed by atoms with Gasteiger partial charge in [0.25, 0.3) is 11.8 Å². The fourth-order valence-corrected chi connectivity index (χ4v) is 2.69. The van der Waals surface area contributed by atoms with E-state index in [1.807, 2.05) is 44.1 Å². The lowest BCUT2D eigenvalue weighted by Crippen LogP contribution is -2.32. The number of hydrogen-bond donors (Lipinski definition) is 2. The number of carbonyl (C=O) groups excluding carboxylic acids is 2. The van der Waals surface area contributed by atoms with Crippen LogP contribution < -0.4 is 10.6 Å². The molecule has 0 aliphatic heterocycles. The molecule has 6 heteroatoms. The second-order valence-corrected chi connectivity index (χ2v) is 7.12. The van der Waals surface area contributed by atoms with Crippen LogP contribution in [0.2, 0.25) is 0 Å². The molecule has 0 aliphatic carbocycles. The largest absolute Gasteiger partial charge is 0.349 e. The minimum atomic E-state index is -0.325. The van der Waals surface area contributed by atoms with Crippen LogP contribution in [0, 0.1) is 6.92 Å². The molecule has 2 amide bonds. The minimum absolute atomic E-state index is 0.216. The molecule has 1 heterocycles. The summed E-state index contributed by atoms with van der Waals surface area (Å²) < 4.78 is 0. The van der Waals surface area contributed by atoms with Crippen LogP contribution in [0.5, 0.6) is 0 Å². The predicted octanol–water partition coefficient (Wildman–Crippen LogP) is 3.06. The second kappa shape index (κ2) is 9.28. The van der Waals surface area contributed by atoms with Gasteiger partial charge in [0, 0.05) is 18.8 Å². The van der Waals surface area contributed by atoms with E-state index >= 15 is 0 Å². The highest BCUT2D eigenvalue weighted by molar-refractivity contribution is 6.04. The Kier molecular flexibility index (Phi) is 7.07. The van der Waals surface area contributed by atoms with E-state index in [0.29, 0.717) is 6.54 Å². The monoisotopic (exact) mass is 368 g/mol. The Hall–Kier alpha value is -2.73. The molecule has 2 rings (SSSR count). The summed E-state index contributed by atoms with van der Waals surface area (Å²) in [6.45, 7) is 7.38. The highest BCUT2D eigenvalue weighted by Gasteiger charge is 2.16. The van der Waals surface area contributed by atoms with Gasteiger partial charge >= 0.3 is 0 Å². The fraction of sp³-hybridized carbons (Fsp3) is 0.381. The lowest BCUT2D eigenvalue weighted by atomic mass is 9.98. The van der Waals surface area contributed by atoms with Crippen LogP contribution in [0.1, 0.15) is 51.9 Å². The quantitative estimate of drug-likeness (QED) is 0.788. The van der Waals surface area contributed by atoms with Gasteiger partial charge in [-0.1, -0.05) is 38.1 Å². The number of carbonyl (C=O) groups is 2. The normalized spacial score (nSPS) is 10.9. The molecule has 0 aliphatic rings. The number of amides is 2. The number of rotatable bonds is 7. The zero-order valence-corrected chi connectivity index (χ0v) is 16.7. The van der Waals surface area contributed by atoms with E-state index in [4.69, 9.17) is 0 Å². The summed E-state index contributed by atoms with van der Waals surface area (Å²) in [7, 11) is 3.87. The standard InChI is InChI=1S/C21H28N4O2/c1-14(2)16-9-6-8-15(3)19(16)24-21(27)18-11-7-10-17(23-18)20(26)22-12-13-25(4)5/h6-11,14H,12-13H2,1-5H3,(H,22,26)(H,24,27). The maximum absolute atomic E-state index is 12.7. The van der Waals surface area contributed by atoms with Gasteiger partial charge in [-0.25, -0.2) is 4.98 Å². The molecule has 2 N–H and O–H groups in total. The van der Waals surface area contributed by atoms with E-state index in [9.17, 15) is 9.59 Å². The van der Waals surface area contributed by atoms with Crippen LogP contribution in [-0.2, 0) is 0 Å². The third-order valence-electron chi connectivity index (χ3n) is 4.22. The number of pyridine rings is 1. The van der Waals surface area contributed by atoms with Gasteiger partial charge in [0.15, 0.2) is 0 Å². The van der Waals surface area contributed by atoms with Gasteiger partial charge in [-0.05, 0) is 50.2 Å². The molecule has 27 heavy (non-hydrogen) atoms. The summed E-state index contributed by atoms with van der Waals surface area (Å²) >= 11 is 0. The van der Waals surface area contributed by atoms with Crippen molar-refractivity contribution in [2.24, 2.45) is 0 Å². The number of aryl methyl sites for hydroxylation is 1. The number of nitrogens with one attached hydrogen (secondary N) is 2. The van der Waals surface area contributed by atoms with E-state index in [-0.39, 0.29) is 29.1 Å². The highest BCUT2D eigenvalue weighted by atomic mass is 16.2. The maximum Gasteiger partial charge on any atom is 0.274 e. The molecule has 0 bridgehead atoms. The molecule has 1 aromatic carbocycles. The summed E-state index contributed by atoms with van der Waals surface area (Å²) in [6.07, 6.45) is 0. The number of para-hydroxylation sites is 1. The third-order valence-corrected chi connectivity index (χ3v) is 4.22. The minimum Gasteiger partial charge on any atom is -0.349 e. The van der Waals surface area contributed by atoms with Gasteiger partial charge in [0.2, 0.25) is 0 Å². The molecule has 0 radical (unpaired) electrons. The molecule has 1 aromatic heterocycles. The fourth-order valence-electron chi connectivity index (χ4n) is 2.69. The number of likely N-dealkylation sites (N-methyl/N-ethyl adjacent to an activating group) is 1. The van der Waals surface area contributed by atoms with Crippen molar-refractivity contribution >= 4 is 17.5 Å². The Morgan fingerprint density at radius 3 is 2.30 bits per heavy atom. The number of hydrogen-bond acceptors (Lipinski definition) is 4. The van der Waals surface area contributed by atoms with Gasteiger partial charge in [-0.3, -0.25) is 9.59 Å². The van der Waals surface area contributed by atoms with Crippen molar-refractivity contribution in [1.29, 1.82) is 0 Å². The molecule has 0 spiro atoms. The Labute approximate surface area is 161 Å². The number of benzene rings is 1. The number of anilines is 1. The summed E-state index contributed by atoms with van der Waals surface area (Å²) in [5.74, 6) is -0.332. The Bertz CT molecular complexity index is 816. The molecule has 0 saturated heterocycles. The van der Waals surface area contributed by atoms with Crippen LogP contribution in [0.15, 0.2) is 36.4 Å². The van der Waals surface area contributed by atoms with E-state index in [1.54, 1.807) is 18.2 Å². The maximum atomic E-state index is 12.7. The van der Waals surface area contributed by atoms with Crippen molar-refractivity contribution in [1.82, 2.24) is 15.2 Å². The van der Waals surface area contributed by atoms with Crippen LogP contribution in [0.25, 0.3) is 0 Å². The van der Waals surface area contributed by atoms with E-state index in [2.05, 4.69) is 29.5 Å². The van der Waals surface area contributed by atoms with Crippen LogP contribution in [-0.4, -0.2) is 48.9 Å². The van der Waals surface area contributed by atoms with Gasteiger partial charge in [0.1, 0.15) is 11.4 Å². The molecule has 0 unspecified atom stereocenters. The smallest absolute Gasteiger partial charge is 0.274 e. The highest BCUT2D eigenvalue weighted by Crippen LogP contribution is 2.27. The molecule has 0 saturated carbocycles. The molecular formula is C21H28N4O2. The Morgan fingerprint density at radius 1 is 1.04 bits per heavy atom. The molecule has 0 fully saturated rings. The van der Waals surface area contributed by atoms with Crippen molar-refractivity contribution in [3.63, 3.8) is 0 Å². The van der Waals surface area contributed by atoms with Gasteiger partial charge in [-0.15, -0.1) is 0 Å². The molecule has 0 atom stereocenters. The Morgan fingerprint density at radius 2 is 1.67 bits per heavy atom. The second-order valence-electron chi connectivity index (χ2n) is 7.12. The van der Waals surface area contributed by atoms with Gasteiger partial charge in [-0.2, -0.15) is 0 Å². The van der Waals surface area contributed by atoms with Crippen molar-refractivity contribution in [3.8, 4) is 0 Å². The zero-order valence-electron chi connectivity index (χ0n) is 16.7. The van der Waals surface area contributed by atoms with Crippen molar-refractivity contribution in [2.45, 2.75) is 26.7 Å². The van der Waals surface area contributed by atoms with Gasteiger partial charge in [0.05, 0.1) is 0 Å². The molecule has 6 nitrogen and oxygen atoms in total. The molecular weight excluding hydrogens is 340 g/mol. The summed E-state index contributed by atoms with van der Waals surface area (Å²) in [5, 5.41) is 5.77. The molecule has 2 aromatic rings. The number of aromatic nitrogens is 1. The first-order valence-corrected chi connectivity index (χ1v) is 9.10. The van der Waals surface area contributed by atoms with E-state index in [0.717, 1.165) is 23.4 Å².